The van der Waals surface area contributed by atoms with Crippen LogP contribution in [-0.2, 0) is 15.8 Å². The predicted octanol–water partition coefficient (Wildman–Crippen LogP) is 4.40. The third kappa shape index (κ3) is 5.16. The van der Waals surface area contributed by atoms with Crippen molar-refractivity contribution in [3.8, 4) is 22.8 Å². The first kappa shape index (κ1) is 32.0. The first-order valence-electron chi connectivity index (χ1n) is 13.9. The number of aliphatic hydroxyl groups is 1. The summed E-state index contributed by atoms with van der Waals surface area (Å²) in [6, 6.07) is 8.70. The second-order valence-corrected chi connectivity index (χ2v) is 11.2. The molecule has 9 nitrogen and oxygen atoms in total. The Bertz CT molecular complexity index is 1920. The Labute approximate surface area is 260 Å². The van der Waals surface area contributed by atoms with Crippen molar-refractivity contribution >= 4 is 22.7 Å². The van der Waals surface area contributed by atoms with E-state index in [0.29, 0.717) is 11.6 Å². The number of alkyl halides is 6. The number of amides is 2. The van der Waals surface area contributed by atoms with Gasteiger partial charge in [-0.25, -0.2) is 22.5 Å². The van der Waals surface area contributed by atoms with Crippen LogP contribution in [0.3, 0.4) is 0 Å². The van der Waals surface area contributed by atoms with Gasteiger partial charge in [-0.15, -0.1) is 0 Å². The monoisotopic (exact) mass is 664 g/mol. The molecule has 47 heavy (non-hydrogen) atoms. The number of aromatic nitrogens is 2. The summed E-state index contributed by atoms with van der Waals surface area (Å²) in [5, 5.41) is 13.5. The van der Waals surface area contributed by atoms with Crippen LogP contribution in [0.2, 0.25) is 0 Å². The first-order chi connectivity index (χ1) is 22.1. The van der Waals surface area contributed by atoms with Crippen LogP contribution >= 0.6 is 0 Å². The fourth-order valence-electron chi connectivity index (χ4n) is 5.65. The molecule has 4 aromatic rings. The average molecular weight is 665 g/mol. The average Bonchev–Trinajstić information content (AvgIpc) is 3.42. The first-order valence-corrected chi connectivity index (χ1v) is 13.9. The van der Waals surface area contributed by atoms with Crippen LogP contribution in [0.1, 0.15) is 27.2 Å². The second-order valence-electron chi connectivity index (χ2n) is 11.2. The standard InChI is InChI=1S/C31H23F7N4O5/c1-13-6-15-7-16(8-19(22(15)40-10-13)46-11-21(33)34)27(43)41-12-29(45,31(36,37)38)20-9-18-24(47-26-25(35)30(18,26)28(39)44)23(42-20)14-2-4-17(32)5-3-14/h2-10,21,25-26,45H,11-12H2,1H3,(H2,39,44)(H,41,43)/t25?,26?,29-,30-/m0/s1. The number of carbonyl (C=O) groups is 2. The van der Waals surface area contributed by atoms with Crippen LogP contribution in [0.5, 0.6) is 11.5 Å². The van der Waals surface area contributed by atoms with E-state index in [2.05, 4.69) is 9.97 Å². The van der Waals surface area contributed by atoms with Gasteiger partial charge in [-0.1, -0.05) is 0 Å². The van der Waals surface area contributed by atoms with Crippen molar-refractivity contribution in [1.29, 1.82) is 0 Å². The Morgan fingerprint density at radius 3 is 2.49 bits per heavy atom. The van der Waals surface area contributed by atoms with E-state index < -0.39 is 77.9 Å². The van der Waals surface area contributed by atoms with Crippen LogP contribution in [0.15, 0.2) is 54.7 Å². The fourth-order valence-corrected chi connectivity index (χ4v) is 5.65. The third-order valence-electron chi connectivity index (χ3n) is 8.14. The minimum atomic E-state index is -5.53. The highest BCUT2D eigenvalue weighted by molar-refractivity contribution is 6.00. The number of aryl methyl sites for hydroxylation is 1. The van der Waals surface area contributed by atoms with Gasteiger partial charge in [-0.2, -0.15) is 13.2 Å². The largest absolute Gasteiger partial charge is 0.485 e. The molecular formula is C31H23F7N4O5. The lowest BCUT2D eigenvalue weighted by Gasteiger charge is -2.31. The van der Waals surface area contributed by atoms with E-state index in [9.17, 15) is 45.4 Å². The molecule has 0 radical (unpaired) electrons. The molecule has 2 unspecified atom stereocenters. The van der Waals surface area contributed by atoms with Crippen molar-refractivity contribution in [3.05, 3.63) is 82.9 Å². The summed E-state index contributed by atoms with van der Waals surface area (Å²) in [6.45, 7) is -0.941. The van der Waals surface area contributed by atoms with Crippen molar-refractivity contribution < 1.29 is 54.9 Å². The highest BCUT2D eigenvalue weighted by Gasteiger charge is 2.78. The minimum Gasteiger partial charge on any atom is -0.485 e. The number of rotatable bonds is 9. The molecular weight excluding hydrogens is 641 g/mol. The molecule has 3 heterocycles. The molecule has 2 aromatic carbocycles. The molecule has 2 aromatic heterocycles. The van der Waals surface area contributed by atoms with E-state index in [0.717, 1.165) is 30.3 Å². The topological polar surface area (TPSA) is 137 Å². The van der Waals surface area contributed by atoms with Gasteiger partial charge in [0, 0.05) is 28.3 Å². The normalized spacial score (nSPS) is 21.1. The van der Waals surface area contributed by atoms with Gasteiger partial charge in [-0.05, 0) is 61.0 Å². The third-order valence-corrected chi connectivity index (χ3v) is 8.14. The van der Waals surface area contributed by atoms with Gasteiger partial charge >= 0.3 is 6.18 Å². The Balaban J connectivity index is 1.41. The zero-order valence-corrected chi connectivity index (χ0v) is 24.0. The number of carbonyl (C=O) groups excluding carboxylic acids is 2. The fraction of sp³-hybridized carbons (Fsp3) is 0.290. The smallest absolute Gasteiger partial charge is 0.424 e. The zero-order chi connectivity index (χ0) is 34.1. The maximum Gasteiger partial charge on any atom is 0.424 e. The number of hydrogen-bond donors (Lipinski definition) is 3. The summed E-state index contributed by atoms with van der Waals surface area (Å²) in [4.78, 5) is 33.7. The summed E-state index contributed by atoms with van der Waals surface area (Å²) in [6.07, 6.45) is -10.5. The van der Waals surface area contributed by atoms with E-state index in [1.165, 1.54) is 12.3 Å². The van der Waals surface area contributed by atoms with Crippen LogP contribution < -0.4 is 20.5 Å². The SMILES string of the molecule is Cc1cnc2c(OCC(F)F)cc(C(=O)NC[C@](O)(c3cc4c(c(-c5ccc(F)cc5)n3)OC3C(F)[C@@]43C(N)=O)C(F)(F)F)cc2c1. The number of benzene rings is 2. The molecule has 1 fully saturated rings. The lowest BCUT2D eigenvalue weighted by molar-refractivity contribution is -0.265. The van der Waals surface area contributed by atoms with E-state index in [1.54, 1.807) is 13.0 Å². The number of nitrogens with zero attached hydrogens (tertiary/aromatic N) is 2. The van der Waals surface area contributed by atoms with Crippen molar-refractivity contribution in [2.75, 3.05) is 13.2 Å². The van der Waals surface area contributed by atoms with Gasteiger partial charge in [0.15, 0.2) is 23.4 Å². The Morgan fingerprint density at radius 1 is 1.15 bits per heavy atom. The van der Waals surface area contributed by atoms with Crippen LogP contribution in [-0.4, -0.2) is 64.9 Å². The molecule has 0 spiro atoms. The molecule has 6 rings (SSSR count). The Morgan fingerprint density at radius 2 is 1.85 bits per heavy atom. The maximum atomic E-state index is 14.9. The maximum absolute atomic E-state index is 14.9. The molecule has 2 aliphatic rings. The molecule has 0 saturated heterocycles. The molecule has 16 heteroatoms. The van der Waals surface area contributed by atoms with Crippen LogP contribution in [0.25, 0.3) is 22.2 Å². The van der Waals surface area contributed by atoms with Crippen molar-refractivity contribution in [3.63, 3.8) is 0 Å². The van der Waals surface area contributed by atoms with E-state index >= 15 is 0 Å². The second kappa shape index (κ2) is 11.1. The van der Waals surface area contributed by atoms with Crippen LogP contribution in [0.4, 0.5) is 30.7 Å². The van der Waals surface area contributed by atoms with Crippen LogP contribution in [0, 0.1) is 12.7 Å². The number of nitrogens with one attached hydrogen (secondary N) is 1. The lowest BCUT2D eigenvalue weighted by Crippen LogP contribution is -2.51. The molecule has 4 N–H and O–H groups in total. The summed E-state index contributed by atoms with van der Waals surface area (Å²) < 4.78 is 109. The molecule has 2 amide bonds. The zero-order valence-electron chi connectivity index (χ0n) is 24.0. The number of fused-ring (bicyclic) bond motifs is 4. The van der Waals surface area contributed by atoms with E-state index in [4.69, 9.17) is 15.2 Å². The number of pyridine rings is 2. The molecule has 1 aliphatic heterocycles. The van der Waals surface area contributed by atoms with E-state index in [1.807, 2.05) is 5.32 Å². The Kier molecular flexibility index (Phi) is 7.53. The van der Waals surface area contributed by atoms with Gasteiger partial charge in [-0.3, -0.25) is 14.6 Å². The molecule has 0 bridgehead atoms. The quantitative estimate of drug-likeness (QED) is 0.226. The number of nitrogens with two attached hydrogens (primary N) is 1. The summed E-state index contributed by atoms with van der Waals surface area (Å²) in [7, 11) is 0. The number of primary amides is 1. The Hall–Kier alpha value is -4.99. The lowest BCUT2D eigenvalue weighted by atomic mass is 9.88. The number of halogens is 7. The molecule has 1 aliphatic carbocycles. The molecule has 1 saturated carbocycles. The number of hydrogen-bond acceptors (Lipinski definition) is 7. The highest BCUT2D eigenvalue weighted by atomic mass is 19.4. The summed E-state index contributed by atoms with van der Waals surface area (Å²) in [5.41, 5.74) is -2.14. The van der Waals surface area contributed by atoms with Gasteiger partial charge < -0.3 is 25.6 Å². The molecule has 4 atom stereocenters. The van der Waals surface area contributed by atoms with Gasteiger partial charge in [0.25, 0.3) is 12.3 Å². The number of ether oxygens (including phenoxy) is 2. The van der Waals surface area contributed by atoms with Gasteiger partial charge in [0.05, 0.1) is 12.2 Å². The minimum absolute atomic E-state index is 0.00535. The van der Waals surface area contributed by atoms with Gasteiger partial charge in [0.1, 0.15) is 29.4 Å². The van der Waals surface area contributed by atoms with E-state index in [-0.39, 0.29) is 39.2 Å². The summed E-state index contributed by atoms with van der Waals surface area (Å²) in [5.74, 6) is -3.60. The van der Waals surface area contributed by atoms with Crippen molar-refractivity contribution in [2.24, 2.45) is 5.73 Å². The van der Waals surface area contributed by atoms with Crippen molar-refractivity contribution in [1.82, 2.24) is 15.3 Å². The highest BCUT2D eigenvalue weighted by Crippen LogP contribution is 2.62. The van der Waals surface area contributed by atoms with Crippen molar-refractivity contribution in [2.45, 2.75) is 42.8 Å². The van der Waals surface area contributed by atoms with Gasteiger partial charge in [0.2, 0.25) is 11.5 Å². The summed E-state index contributed by atoms with van der Waals surface area (Å²) >= 11 is 0. The molecule has 246 valence electrons. The predicted molar refractivity (Wildman–Crippen MR) is 150 cm³/mol.